The maximum atomic E-state index is 10.3. The summed E-state index contributed by atoms with van der Waals surface area (Å²) in [5.74, 6) is 0.271. The lowest BCUT2D eigenvalue weighted by Crippen LogP contribution is -2.51. The molecule has 0 aromatic carbocycles. The molecule has 0 radical (unpaired) electrons. The normalized spacial score (nSPS) is 58.6. The van der Waals surface area contributed by atoms with Crippen molar-refractivity contribution in [3.05, 3.63) is 0 Å². The Morgan fingerprint density at radius 2 is 1.69 bits per heavy atom. The highest BCUT2D eigenvalue weighted by Gasteiger charge is 2.71. The molecule has 1 unspecified atom stereocenters. The summed E-state index contributed by atoms with van der Waals surface area (Å²) in [6, 6.07) is 0. The minimum atomic E-state index is -0.903. The van der Waals surface area contributed by atoms with Crippen LogP contribution in [-0.4, -0.2) is 21.9 Å². The van der Waals surface area contributed by atoms with E-state index in [4.69, 9.17) is 0 Å². The number of hydrogen-bond donors (Lipinski definition) is 2. The minimum Gasteiger partial charge on any atom is -0.390 e. The van der Waals surface area contributed by atoms with E-state index in [0.717, 1.165) is 12.8 Å². The van der Waals surface area contributed by atoms with Gasteiger partial charge in [-0.05, 0) is 31.1 Å². The molecule has 2 aliphatic rings. The first-order valence-corrected chi connectivity index (χ1v) is 5.15. The van der Waals surface area contributed by atoms with E-state index in [1.807, 2.05) is 0 Å². The van der Waals surface area contributed by atoms with Crippen LogP contribution in [0.1, 0.15) is 40.5 Å². The molecule has 0 heterocycles. The average Bonchev–Trinajstić information content (AvgIpc) is 2.26. The van der Waals surface area contributed by atoms with Crippen LogP contribution in [0.4, 0.5) is 0 Å². The monoisotopic (exact) mass is 184 g/mol. The summed E-state index contributed by atoms with van der Waals surface area (Å²) < 4.78 is 0. The molecule has 2 rings (SSSR count). The van der Waals surface area contributed by atoms with E-state index < -0.39 is 11.7 Å². The molecule has 2 nitrogen and oxygen atoms in total. The van der Waals surface area contributed by atoms with Crippen molar-refractivity contribution in [2.24, 2.45) is 16.7 Å². The molecule has 0 saturated heterocycles. The Labute approximate surface area is 80.0 Å². The molecule has 2 bridgehead atoms. The fourth-order valence-electron chi connectivity index (χ4n) is 3.71. The van der Waals surface area contributed by atoms with Crippen molar-refractivity contribution in [3.63, 3.8) is 0 Å². The van der Waals surface area contributed by atoms with Gasteiger partial charge >= 0.3 is 0 Å². The third kappa shape index (κ3) is 0.736. The zero-order chi connectivity index (χ0) is 10.1. The molecule has 13 heavy (non-hydrogen) atoms. The number of hydrogen-bond acceptors (Lipinski definition) is 2. The summed E-state index contributed by atoms with van der Waals surface area (Å²) in [5, 5.41) is 20.3. The molecule has 2 heteroatoms. The molecule has 4 atom stereocenters. The quantitative estimate of drug-likeness (QED) is 0.599. The predicted molar refractivity (Wildman–Crippen MR) is 51.2 cm³/mol. The zero-order valence-corrected chi connectivity index (χ0v) is 8.96. The Hall–Kier alpha value is -0.0800. The molecule has 2 aliphatic carbocycles. The van der Waals surface area contributed by atoms with Crippen molar-refractivity contribution in [2.75, 3.05) is 0 Å². The highest BCUT2D eigenvalue weighted by Crippen LogP contribution is 2.69. The second kappa shape index (κ2) is 2.12. The van der Waals surface area contributed by atoms with Crippen LogP contribution >= 0.6 is 0 Å². The second-order valence-corrected chi connectivity index (χ2v) is 5.79. The molecule has 2 fully saturated rings. The maximum Gasteiger partial charge on any atom is 0.0938 e. The van der Waals surface area contributed by atoms with Crippen LogP contribution in [-0.2, 0) is 0 Å². The van der Waals surface area contributed by atoms with Crippen molar-refractivity contribution < 1.29 is 10.2 Å². The largest absolute Gasteiger partial charge is 0.390 e. The van der Waals surface area contributed by atoms with Crippen LogP contribution in [0.3, 0.4) is 0 Å². The summed E-state index contributed by atoms with van der Waals surface area (Å²) in [7, 11) is 0. The van der Waals surface area contributed by atoms with Crippen LogP contribution in [0.15, 0.2) is 0 Å². The Balaban J connectivity index is 2.53. The Kier molecular flexibility index (Phi) is 1.54. The Morgan fingerprint density at radius 1 is 1.15 bits per heavy atom. The van der Waals surface area contributed by atoms with Crippen LogP contribution in [0.25, 0.3) is 0 Å². The van der Waals surface area contributed by atoms with Gasteiger partial charge in [0.25, 0.3) is 0 Å². The van der Waals surface area contributed by atoms with E-state index in [0.29, 0.717) is 0 Å². The van der Waals surface area contributed by atoms with Gasteiger partial charge in [0.1, 0.15) is 0 Å². The maximum absolute atomic E-state index is 10.3. The van der Waals surface area contributed by atoms with E-state index in [-0.39, 0.29) is 16.7 Å². The van der Waals surface area contributed by atoms with Crippen LogP contribution in [0.5, 0.6) is 0 Å². The van der Waals surface area contributed by atoms with Crippen molar-refractivity contribution in [3.8, 4) is 0 Å². The summed E-state index contributed by atoms with van der Waals surface area (Å²) in [6.45, 7) is 8.26. The molecule has 0 aromatic rings. The van der Waals surface area contributed by atoms with Gasteiger partial charge in [-0.25, -0.2) is 0 Å². The second-order valence-electron chi connectivity index (χ2n) is 5.79. The van der Waals surface area contributed by atoms with Crippen LogP contribution in [0.2, 0.25) is 0 Å². The first-order chi connectivity index (χ1) is 5.75. The van der Waals surface area contributed by atoms with E-state index in [9.17, 15) is 10.2 Å². The van der Waals surface area contributed by atoms with Gasteiger partial charge in [0.2, 0.25) is 0 Å². The molecule has 0 amide bonds. The highest BCUT2D eigenvalue weighted by atomic mass is 16.3. The summed E-state index contributed by atoms with van der Waals surface area (Å²) in [5.41, 5.74) is -0.959. The van der Waals surface area contributed by atoms with Gasteiger partial charge in [-0.1, -0.05) is 20.8 Å². The van der Waals surface area contributed by atoms with Crippen molar-refractivity contribution in [1.29, 1.82) is 0 Å². The first-order valence-electron chi connectivity index (χ1n) is 5.15. The SMILES string of the molecule is CC1(C)[C@H]2CC[C@@]1(C)[C@@](C)(O)C2O. The predicted octanol–water partition coefficient (Wildman–Crippen LogP) is 1.55. The summed E-state index contributed by atoms with van der Waals surface area (Å²) in [4.78, 5) is 0. The lowest BCUT2D eigenvalue weighted by molar-refractivity contribution is -0.134. The summed E-state index contributed by atoms with van der Waals surface area (Å²) in [6.07, 6.45) is 1.55. The van der Waals surface area contributed by atoms with Crippen LogP contribution in [0, 0.1) is 16.7 Å². The first kappa shape index (κ1) is 9.47. The highest BCUT2D eigenvalue weighted by molar-refractivity contribution is 5.20. The topological polar surface area (TPSA) is 40.5 Å². The number of rotatable bonds is 0. The number of aliphatic hydroxyl groups excluding tert-OH is 1. The third-order valence-electron chi connectivity index (χ3n) is 5.38. The fourth-order valence-corrected chi connectivity index (χ4v) is 3.71. The molecule has 0 aliphatic heterocycles. The Morgan fingerprint density at radius 3 is 1.92 bits per heavy atom. The van der Waals surface area contributed by atoms with Crippen LogP contribution < -0.4 is 0 Å². The van der Waals surface area contributed by atoms with Gasteiger partial charge < -0.3 is 10.2 Å². The standard InChI is InChI=1S/C11H20O2/c1-9(2)7-5-6-10(9,3)11(4,13)8(7)12/h7-8,12-13H,5-6H2,1-4H3/t7-,8?,10+,11-/m0/s1. The van der Waals surface area contributed by atoms with E-state index in [1.54, 1.807) is 6.92 Å². The molecule has 0 aromatic heterocycles. The molecule has 2 saturated carbocycles. The van der Waals surface area contributed by atoms with Gasteiger partial charge in [0, 0.05) is 5.41 Å². The van der Waals surface area contributed by atoms with Gasteiger partial charge in [-0.15, -0.1) is 0 Å². The van der Waals surface area contributed by atoms with E-state index in [2.05, 4.69) is 20.8 Å². The molecule has 76 valence electrons. The fraction of sp³-hybridized carbons (Fsp3) is 1.00. The zero-order valence-electron chi connectivity index (χ0n) is 8.96. The van der Waals surface area contributed by atoms with Gasteiger partial charge in [0.05, 0.1) is 11.7 Å². The molecule has 0 spiro atoms. The number of aliphatic hydroxyl groups is 2. The number of fused-ring (bicyclic) bond motifs is 2. The lowest BCUT2D eigenvalue weighted by Gasteiger charge is -2.44. The molecular weight excluding hydrogens is 164 g/mol. The van der Waals surface area contributed by atoms with E-state index in [1.165, 1.54) is 0 Å². The average molecular weight is 184 g/mol. The van der Waals surface area contributed by atoms with Crippen molar-refractivity contribution in [2.45, 2.75) is 52.2 Å². The minimum absolute atomic E-state index is 0.0654. The van der Waals surface area contributed by atoms with Gasteiger partial charge in [0.15, 0.2) is 0 Å². The van der Waals surface area contributed by atoms with Gasteiger partial charge in [-0.3, -0.25) is 0 Å². The molecular formula is C11H20O2. The van der Waals surface area contributed by atoms with E-state index >= 15 is 0 Å². The third-order valence-corrected chi connectivity index (χ3v) is 5.38. The van der Waals surface area contributed by atoms with Crippen molar-refractivity contribution in [1.82, 2.24) is 0 Å². The smallest absolute Gasteiger partial charge is 0.0938 e. The van der Waals surface area contributed by atoms with Crippen molar-refractivity contribution >= 4 is 0 Å². The molecule has 2 N–H and O–H groups in total. The lowest BCUT2D eigenvalue weighted by atomic mass is 9.65. The Bertz CT molecular complexity index is 234. The van der Waals surface area contributed by atoms with Gasteiger partial charge in [-0.2, -0.15) is 0 Å². The summed E-state index contributed by atoms with van der Waals surface area (Å²) >= 11 is 0.